The minimum atomic E-state index is -3.19. The Labute approximate surface area is 113 Å². The summed E-state index contributed by atoms with van der Waals surface area (Å²) in [4.78, 5) is 0.253. The fraction of sp³-hybridized carbons (Fsp3) is 0.500. The number of nitrogens with one attached hydrogen (secondary N) is 1. The molecule has 4 nitrogen and oxygen atoms in total. The highest BCUT2D eigenvalue weighted by atomic mass is 32.2. The average Bonchev–Trinajstić information content (AvgIpc) is 2.29. The van der Waals surface area contributed by atoms with Gasteiger partial charge in [0, 0.05) is 18.1 Å². The van der Waals surface area contributed by atoms with Crippen LogP contribution in [0.5, 0.6) is 0 Å². The molecule has 0 saturated carbocycles. The van der Waals surface area contributed by atoms with Gasteiger partial charge < -0.3 is 11.1 Å². The monoisotopic (exact) mass is 288 g/mol. The summed E-state index contributed by atoms with van der Waals surface area (Å²) in [5.41, 5.74) is 7.09. The van der Waals surface area contributed by atoms with Gasteiger partial charge >= 0.3 is 0 Å². The van der Waals surface area contributed by atoms with Gasteiger partial charge in [0.05, 0.1) is 16.3 Å². The van der Waals surface area contributed by atoms with Gasteiger partial charge in [-0.05, 0) is 30.9 Å². The van der Waals surface area contributed by atoms with Crippen LogP contribution in [0.4, 0.5) is 11.4 Å². The van der Waals surface area contributed by atoms with Crippen LogP contribution in [0, 0.1) is 0 Å². The van der Waals surface area contributed by atoms with Crippen molar-refractivity contribution < 1.29 is 8.42 Å². The lowest BCUT2D eigenvalue weighted by Crippen LogP contribution is -2.09. The fourth-order valence-corrected chi connectivity index (χ4v) is 2.47. The first-order valence-corrected chi connectivity index (χ1v) is 8.88. The Hall–Kier alpha value is -0.880. The van der Waals surface area contributed by atoms with E-state index in [0.29, 0.717) is 10.9 Å². The molecule has 0 radical (unpaired) electrons. The van der Waals surface area contributed by atoms with E-state index in [1.807, 2.05) is 11.8 Å². The molecule has 0 saturated heterocycles. The maximum Gasteiger partial charge on any atom is 0.175 e. The molecule has 1 aromatic carbocycles. The number of anilines is 2. The molecule has 0 aliphatic rings. The molecular weight excluding hydrogens is 268 g/mol. The lowest BCUT2D eigenvalue weighted by molar-refractivity contribution is 0.602. The maximum absolute atomic E-state index is 11.4. The Kier molecular flexibility index (Phi) is 5.34. The van der Waals surface area contributed by atoms with Gasteiger partial charge in [0.1, 0.15) is 0 Å². The van der Waals surface area contributed by atoms with Gasteiger partial charge in [0.2, 0.25) is 0 Å². The molecule has 0 aromatic heterocycles. The molecule has 0 amide bonds. The van der Waals surface area contributed by atoms with E-state index >= 15 is 0 Å². The van der Waals surface area contributed by atoms with Crippen LogP contribution >= 0.6 is 11.8 Å². The molecule has 102 valence electrons. The molecule has 6 heteroatoms. The normalized spacial score (nSPS) is 13.3. The number of sulfone groups is 1. The zero-order valence-electron chi connectivity index (χ0n) is 10.9. The van der Waals surface area contributed by atoms with Crippen LogP contribution in [0.15, 0.2) is 23.1 Å². The van der Waals surface area contributed by atoms with Crippen molar-refractivity contribution >= 4 is 33.0 Å². The third-order valence-electron chi connectivity index (χ3n) is 2.72. The third-order valence-corrected chi connectivity index (χ3v) is 4.87. The molecule has 1 atom stereocenters. The van der Waals surface area contributed by atoms with E-state index in [9.17, 15) is 8.42 Å². The maximum atomic E-state index is 11.4. The van der Waals surface area contributed by atoms with Gasteiger partial charge in [-0.15, -0.1) is 0 Å². The third kappa shape index (κ3) is 4.42. The highest BCUT2D eigenvalue weighted by Gasteiger charge is 2.09. The molecule has 0 aliphatic carbocycles. The molecule has 1 unspecified atom stereocenters. The summed E-state index contributed by atoms with van der Waals surface area (Å²) in [5, 5.41) is 3.82. The Balaban J connectivity index is 2.69. The standard InChI is InChI=1S/C12H20N2O2S2/c1-9(17-2)6-7-14-12-5-4-10(8-11(12)13)18(3,15)16/h4-5,8-9,14H,6-7,13H2,1-3H3. The van der Waals surface area contributed by atoms with E-state index in [1.165, 1.54) is 12.3 Å². The first-order chi connectivity index (χ1) is 8.34. The topological polar surface area (TPSA) is 72.2 Å². The SMILES string of the molecule is CSC(C)CCNc1ccc(S(C)(=O)=O)cc1N. The number of benzene rings is 1. The molecule has 1 rings (SSSR count). The number of nitrogen functional groups attached to an aromatic ring is 1. The van der Waals surface area contributed by atoms with Crippen LogP contribution in [0.25, 0.3) is 0 Å². The highest BCUT2D eigenvalue weighted by molar-refractivity contribution is 7.99. The summed E-state index contributed by atoms with van der Waals surface area (Å²) in [6, 6.07) is 4.79. The zero-order chi connectivity index (χ0) is 13.8. The van der Waals surface area contributed by atoms with Crippen molar-refractivity contribution in [1.82, 2.24) is 0 Å². The lowest BCUT2D eigenvalue weighted by Gasteiger charge is -2.12. The lowest BCUT2D eigenvalue weighted by atomic mass is 10.2. The van der Waals surface area contributed by atoms with Crippen molar-refractivity contribution in [3.05, 3.63) is 18.2 Å². The van der Waals surface area contributed by atoms with Crippen molar-refractivity contribution in [2.75, 3.05) is 30.1 Å². The van der Waals surface area contributed by atoms with Crippen molar-refractivity contribution in [1.29, 1.82) is 0 Å². The number of nitrogens with two attached hydrogens (primary N) is 1. The summed E-state index contributed by atoms with van der Waals surface area (Å²) in [7, 11) is -3.19. The molecule has 0 aliphatic heterocycles. The van der Waals surface area contributed by atoms with Crippen molar-refractivity contribution in [2.45, 2.75) is 23.5 Å². The van der Waals surface area contributed by atoms with Gasteiger partial charge in [-0.3, -0.25) is 0 Å². The van der Waals surface area contributed by atoms with Crippen LogP contribution in [0.2, 0.25) is 0 Å². The minimum absolute atomic E-state index is 0.253. The summed E-state index contributed by atoms with van der Waals surface area (Å²) < 4.78 is 22.7. The van der Waals surface area contributed by atoms with E-state index < -0.39 is 9.84 Å². The molecule has 0 bridgehead atoms. The second-order valence-electron chi connectivity index (χ2n) is 4.28. The van der Waals surface area contributed by atoms with Crippen molar-refractivity contribution in [2.24, 2.45) is 0 Å². The molecule has 0 heterocycles. The Bertz CT molecular complexity index is 501. The van der Waals surface area contributed by atoms with E-state index in [-0.39, 0.29) is 4.90 Å². The summed E-state index contributed by atoms with van der Waals surface area (Å²) in [6.45, 7) is 2.99. The van der Waals surface area contributed by atoms with Crippen LogP contribution in [0.1, 0.15) is 13.3 Å². The summed E-state index contributed by atoms with van der Waals surface area (Å²) in [5.74, 6) is 0. The van der Waals surface area contributed by atoms with E-state index in [0.717, 1.165) is 18.7 Å². The van der Waals surface area contributed by atoms with Gasteiger partial charge in [-0.2, -0.15) is 11.8 Å². The molecule has 3 N–H and O–H groups in total. The predicted octanol–water partition coefficient (Wildman–Crippen LogP) is 2.23. The van der Waals surface area contributed by atoms with E-state index in [1.54, 1.807) is 12.1 Å². The number of thioether (sulfide) groups is 1. The minimum Gasteiger partial charge on any atom is -0.397 e. The summed E-state index contributed by atoms with van der Waals surface area (Å²) in [6.07, 6.45) is 4.30. The predicted molar refractivity (Wildman–Crippen MR) is 80.0 cm³/mol. The second-order valence-corrected chi connectivity index (χ2v) is 7.57. The van der Waals surface area contributed by atoms with E-state index in [2.05, 4.69) is 18.5 Å². The van der Waals surface area contributed by atoms with Gasteiger partial charge in [-0.25, -0.2) is 8.42 Å². The first-order valence-electron chi connectivity index (χ1n) is 5.71. The summed E-state index contributed by atoms with van der Waals surface area (Å²) >= 11 is 1.82. The van der Waals surface area contributed by atoms with Crippen molar-refractivity contribution in [3.63, 3.8) is 0 Å². The average molecular weight is 288 g/mol. The molecule has 1 aromatic rings. The second kappa shape index (κ2) is 6.33. The molecule has 0 spiro atoms. The van der Waals surface area contributed by atoms with Crippen LogP contribution in [0.3, 0.4) is 0 Å². The Morgan fingerprint density at radius 2 is 2.11 bits per heavy atom. The van der Waals surface area contributed by atoms with Crippen LogP contribution in [-0.2, 0) is 9.84 Å². The van der Waals surface area contributed by atoms with E-state index in [4.69, 9.17) is 5.73 Å². The fourth-order valence-electron chi connectivity index (χ4n) is 1.46. The Morgan fingerprint density at radius 3 is 2.61 bits per heavy atom. The molecular formula is C12H20N2O2S2. The van der Waals surface area contributed by atoms with Gasteiger partial charge in [0.25, 0.3) is 0 Å². The van der Waals surface area contributed by atoms with Crippen LogP contribution in [-0.4, -0.2) is 32.7 Å². The number of hydrogen-bond acceptors (Lipinski definition) is 5. The quantitative estimate of drug-likeness (QED) is 0.785. The van der Waals surface area contributed by atoms with Gasteiger partial charge in [0.15, 0.2) is 9.84 Å². The van der Waals surface area contributed by atoms with Crippen molar-refractivity contribution in [3.8, 4) is 0 Å². The Morgan fingerprint density at radius 1 is 1.44 bits per heavy atom. The molecule has 18 heavy (non-hydrogen) atoms. The largest absolute Gasteiger partial charge is 0.397 e. The number of rotatable bonds is 6. The van der Waals surface area contributed by atoms with Gasteiger partial charge in [-0.1, -0.05) is 6.92 Å². The zero-order valence-corrected chi connectivity index (χ0v) is 12.6. The molecule has 0 fully saturated rings. The number of hydrogen-bond donors (Lipinski definition) is 2. The smallest absolute Gasteiger partial charge is 0.175 e. The first kappa shape index (κ1) is 15.2. The highest BCUT2D eigenvalue weighted by Crippen LogP contribution is 2.22. The van der Waals surface area contributed by atoms with Crippen LogP contribution < -0.4 is 11.1 Å².